The molecule has 3 rings (SSSR count). The fourth-order valence-corrected chi connectivity index (χ4v) is 5.51. The lowest BCUT2D eigenvalue weighted by molar-refractivity contribution is -0.126. The van der Waals surface area contributed by atoms with Gasteiger partial charge >= 0.3 is 0 Å². The van der Waals surface area contributed by atoms with Crippen LogP contribution in [0, 0.1) is 19.8 Å². The number of nitrogens with one attached hydrogen (secondary N) is 1. The highest BCUT2D eigenvalue weighted by atomic mass is 35.5. The average Bonchev–Trinajstić information content (AvgIpc) is 2.73. The van der Waals surface area contributed by atoms with Crippen LogP contribution in [0.1, 0.15) is 29.5 Å². The average molecular weight is 465 g/mol. The van der Waals surface area contributed by atoms with Crippen molar-refractivity contribution in [2.75, 3.05) is 26.2 Å². The van der Waals surface area contributed by atoms with Crippen molar-refractivity contribution < 1.29 is 17.9 Å². The highest BCUT2D eigenvalue weighted by Crippen LogP contribution is 2.23. The van der Waals surface area contributed by atoms with Gasteiger partial charge in [0.05, 0.1) is 18.2 Å². The minimum Gasteiger partial charge on any atom is -0.491 e. The van der Waals surface area contributed by atoms with Crippen molar-refractivity contribution in [3.63, 3.8) is 0 Å². The SMILES string of the molecule is Cc1cccc(OCCNC(=O)[C@H]2CCCN(S(=O)(=O)Cc3cccc(Cl)c3)C2)c1C. The van der Waals surface area contributed by atoms with Crippen LogP contribution in [0.3, 0.4) is 0 Å². The van der Waals surface area contributed by atoms with Gasteiger partial charge in [0, 0.05) is 18.1 Å². The molecule has 0 spiro atoms. The van der Waals surface area contributed by atoms with Gasteiger partial charge in [-0.3, -0.25) is 4.79 Å². The second-order valence-electron chi connectivity index (χ2n) is 7.92. The van der Waals surface area contributed by atoms with Crippen LogP contribution in [-0.4, -0.2) is 44.9 Å². The Labute approximate surface area is 189 Å². The van der Waals surface area contributed by atoms with Crippen LogP contribution >= 0.6 is 11.6 Å². The number of hydrogen-bond acceptors (Lipinski definition) is 4. The van der Waals surface area contributed by atoms with Gasteiger partial charge in [0.1, 0.15) is 12.4 Å². The molecule has 0 radical (unpaired) electrons. The predicted octanol–water partition coefficient (Wildman–Crippen LogP) is 3.69. The first kappa shape index (κ1) is 23.6. The van der Waals surface area contributed by atoms with Gasteiger partial charge in [0.25, 0.3) is 0 Å². The number of sulfonamides is 1. The van der Waals surface area contributed by atoms with Crippen LogP contribution in [0.15, 0.2) is 42.5 Å². The van der Waals surface area contributed by atoms with Gasteiger partial charge < -0.3 is 10.1 Å². The van der Waals surface area contributed by atoms with Crippen LogP contribution in [-0.2, 0) is 20.6 Å². The van der Waals surface area contributed by atoms with Gasteiger partial charge in [0.15, 0.2) is 0 Å². The first-order valence-electron chi connectivity index (χ1n) is 10.5. The fraction of sp³-hybridized carbons (Fsp3) is 0.435. The number of nitrogens with zero attached hydrogens (tertiary/aromatic N) is 1. The first-order chi connectivity index (χ1) is 14.8. The Morgan fingerprint density at radius 1 is 1.23 bits per heavy atom. The molecule has 0 aliphatic carbocycles. The second kappa shape index (κ2) is 10.5. The molecule has 31 heavy (non-hydrogen) atoms. The molecule has 1 heterocycles. The third-order valence-electron chi connectivity index (χ3n) is 5.60. The maximum Gasteiger partial charge on any atom is 0.224 e. The normalized spacial score (nSPS) is 17.3. The number of amides is 1. The van der Waals surface area contributed by atoms with Crippen molar-refractivity contribution in [2.24, 2.45) is 5.92 Å². The number of carbonyl (C=O) groups excluding carboxylic acids is 1. The number of aryl methyl sites for hydroxylation is 1. The van der Waals surface area contributed by atoms with E-state index in [-0.39, 0.29) is 24.1 Å². The second-order valence-corrected chi connectivity index (χ2v) is 10.3. The zero-order valence-corrected chi connectivity index (χ0v) is 19.5. The van der Waals surface area contributed by atoms with Gasteiger partial charge in [-0.2, -0.15) is 0 Å². The maximum absolute atomic E-state index is 12.8. The standard InChI is InChI=1S/C23H29ClN2O4S/c1-17-6-3-10-22(18(17)2)30-13-11-25-23(27)20-8-5-12-26(15-20)31(28,29)16-19-7-4-9-21(24)14-19/h3-4,6-7,9-10,14,20H,5,8,11-13,15-16H2,1-2H3,(H,25,27)/t20-/m0/s1. The van der Waals surface area contributed by atoms with E-state index >= 15 is 0 Å². The highest BCUT2D eigenvalue weighted by molar-refractivity contribution is 7.88. The predicted molar refractivity (Wildman–Crippen MR) is 123 cm³/mol. The lowest BCUT2D eigenvalue weighted by atomic mass is 9.99. The minimum atomic E-state index is -3.52. The molecule has 2 aromatic carbocycles. The Hall–Kier alpha value is -2.09. The zero-order valence-electron chi connectivity index (χ0n) is 17.9. The van der Waals surface area contributed by atoms with Crippen molar-refractivity contribution >= 4 is 27.5 Å². The van der Waals surface area contributed by atoms with E-state index in [9.17, 15) is 13.2 Å². The van der Waals surface area contributed by atoms with Crippen molar-refractivity contribution in [3.05, 3.63) is 64.2 Å². The summed E-state index contributed by atoms with van der Waals surface area (Å²) in [5.74, 6) is 0.201. The molecule has 1 atom stereocenters. The van der Waals surface area contributed by atoms with E-state index in [0.717, 1.165) is 16.9 Å². The fourth-order valence-electron chi connectivity index (χ4n) is 3.70. The maximum atomic E-state index is 12.8. The third-order valence-corrected chi connectivity index (χ3v) is 7.65. The Balaban J connectivity index is 1.50. The van der Waals surface area contributed by atoms with E-state index in [2.05, 4.69) is 5.32 Å². The first-order valence-corrected chi connectivity index (χ1v) is 12.4. The number of benzene rings is 2. The quantitative estimate of drug-likeness (QED) is 0.604. The number of ether oxygens (including phenoxy) is 1. The van der Waals surface area contributed by atoms with Crippen LogP contribution in [0.2, 0.25) is 5.02 Å². The molecule has 0 saturated carbocycles. The zero-order chi connectivity index (χ0) is 22.4. The van der Waals surface area contributed by atoms with E-state index < -0.39 is 10.0 Å². The van der Waals surface area contributed by atoms with Crippen LogP contribution in [0.5, 0.6) is 5.75 Å². The summed E-state index contributed by atoms with van der Waals surface area (Å²) >= 11 is 5.97. The molecule has 6 nitrogen and oxygen atoms in total. The number of rotatable bonds is 8. The molecule has 0 bridgehead atoms. The molecule has 1 aliphatic rings. The molecule has 1 aliphatic heterocycles. The topological polar surface area (TPSA) is 75.7 Å². The van der Waals surface area contributed by atoms with E-state index in [1.807, 2.05) is 32.0 Å². The molecular weight excluding hydrogens is 436 g/mol. The van der Waals surface area contributed by atoms with Gasteiger partial charge in [-0.1, -0.05) is 35.9 Å². The summed E-state index contributed by atoms with van der Waals surface area (Å²) in [6.07, 6.45) is 1.33. The minimum absolute atomic E-state index is 0.119. The van der Waals surface area contributed by atoms with Gasteiger partial charge in [0.2, 0.25) is 15.9 Å². The Morgan fingerprint density at radius 3 is 2.77 bits per heavy atom. The molecule has 0 unspecified atom stereocenters. The Bertz CT molecular complexity index is 1030. The van der Waals surface area contributed by atoms with Gasteiger partial charge in [-0.25, -0.2) is 12.7 Å². The van der Waals surface area contributed by atoms with Crippen molar-refractivity contribution in [3.8, 4) is 5.75 Å². The van der Waals surface area contributed by atoms with E-state index in [4.69, 9.17) is 16.3 Å². The highest BCUT2D eigenvalue weighted by Gasteiger charge is 2.32. The molecule has 1 N–H and O–H groups in total. The summed E-state index contributed by atoms with van der Waals surface area (Å²) in [6.45, 7) is 5.40. The summed E-state index contributed by atoms with van der Waals surface area (Å²) < 4.78 is 32.9. The smallest absolute Gasteiger partial charge is 0.224 e. The van der Waals surface area contributed by atoms with Crippen molar-refractivity contribution in [1.29, 1.82) is 0 Å². The van der Waals surface area contributed by atoms with Crippen molar-refractivity contribution in [2.45, 2.75) is 32.4 Å². The molecule has 1 fully saturated rings. The van der Waals surface area contributed by atoms with E-state index in [0.29, 0.717) is 43.1 Å². The van der Waals surface area contributed by atoms with Gasteiger partial charge in [-0.15, -0.1) is 0 Å². The lowest BCUT2D eigenvalue weighted by Gasteiger charge is -2.31. The summed E-state index contributed by atoms with van der Waals surface area (Å²) in [6, 6.07) is 12.7. The van der Waals surface area contributed by atoms with Crippen LogP contribution in [0.4, 0.5) is 0 Å². The lowest BCUT2D eigenvalue weighted by Crippen LogP contribution is -2.46. The molecule has 1 amide bonds. The number of hydrogen-bond donors (Lipinski definition) is 1. The molecule has 0 aromatic heterocycles. The summed E-state index contributed by atoms with van der Waals surface area (Å²) in [7, 11) is -3.52. The number of carbonyl (C=O) groups is 1. The Morgan fingerprint density at radius 2 is 2.00 bits per heavy atom. The van der Waals surface area contributed by atoms with Gasteiger partial charge in [-0.05, 0) is 61.6 Å². The molecule has 8 heteroatoms. The largest absolute Gasteiger partial charge is 0.491 e. The summed E-state index contributed by atoms with van der Waals surface area (Å²) in [4.78, 5) is 12.6. The molecular formula is C23H29ClN2O4S. The number of piperidine rings is 1. The third kappa shape index (κ3) is 6.45. The van der Waals surface area contributed by atoms with Crippen LogP contribution in [0.25, 0.3) is 0 Å². The van der Waals surface area contributed by atoms with E-state index in [1.165, 1.54) is 4.31 Å². The molecule has 168 valence electrons. The number of halogens is 1. The molecule has 1 saturated heterocycles. The molecule has 2 aromatic rings. The summed E-state index contributed by atoms with van der Waals surface area (Å²) in [5.41, 5.74) is 2.88. The van der Waals surface area contributed by atoms with E-state index in [1.54, 1.807) is 24.3 Å². The van der Waals surface area contributed by atoms with Crippen LogP contribution < -0.4 is 10.1 Å². The Kier molecular flexibility index (Phi) is 7.97. The summed E-state index contributed by atoms with van der Waals surface area (Å²) in [5, 5.41) is 3.39. The monoisotopic (exact) mass is 464 g/mol. The van der Waals surface area contributed by atoms with Crippen molar-refractivity contribution in [1.82, 2.24) is 9.62 Å².